The molecule has 2 rings (SSSR count). The van der Waals surface area contributed by atoms with E-state index in [1.165, 1.54) is 22.9 Å². The average Bonchev–Trinajstić information content (AvgIpc) is 2.43. The van der Waals surface area contributed by atoms with Crippen molar-refractivity contribution in [3.05, 3.63) is 64.1 Å². The topological polar surface area (TPSA) is 51.1 Å². The molecule has 1 heterocycles. The quantitative estimate of drug-likeness (QED) is 0.948. The lowest BCUT2D eigenvalue weighted by Crippen LogP contribution is -2.28. The van der Waals surface area contributed by atoms with E-state index in [9.17, 15) is 22.8 Å². The number of alkyl halides is 3. The first-order chi connectivity index (χ1) is 10.3. The molecule has 0 unspecified atom stereocenters. The summed E-state index contributed by atoms with van der Waals surface area (Å²) in [5.41, 5.74) is -0.658. The number of anilines is 1. The van der Waals surface area contributed by atoms with Crippen molar-refractivity contribution >= 4 is 11.6 Å². The molecule has 0 aliphatic heterocycles. The Bertz CT molecular complexity index is 751. The second-order valence-corrected chi connectivity index (χ2v) is 4.75. The van der Waals surface area contributed by atoms with E-state index in [1.807, 2.05) is 0 Å². The molecule has 0 saturated heterocycles. The average molecular weight is 310 g/mol. The molecule has 7 heteroatoms. The van der Waals surface area contributed by atoms with Gasteiger partial charge >= 0.3 is 6.18 Å². The first-order valence-electron chi connectivity index (χ1n) is 6.40. The Morgan fingerprint density at radius 3 is 2.64 bits per heavy atom. The highest BCUT2D eigenvalue weighted by Crippen LogP contribution is 2.30. The summed E-state index contributed by atoms with van der Waals surface area (Å²) < 4.78 is 39.0. The highest BCUT2D eigenvalue weighted by Gasteiger charge is 2.30. The predicted octanol–water partition coefficient (Wildman–Crippen LogP) is 2.81. The zero-order valence-corrected chi connectivity index (χ0v) is 11.6. The van der Waals surface area contributed by atoms with E-state index in [1.54, 1.807) is 19.1 Å². The van der Waals surface area contributed by atoms with Gasteiger partial charge in [-0.3, -0.25) is 9.59 Å². The van der Waals surface area contributed by atoms with E-state index in [0.29, 0.717) is 5.56 Å². The fourth-order valence-corrected chi connectivity index (χ4v) is 1.91. The molecule has 0 bridgehead atoms. The smallest absolute Gasteiger partial charge is 0.325 e. The predicted molar refractivity (Wildman–Crippen MR) is 75.5 cm³/mol. The van der Waals surface area contributed by atoms with Crippen molar-refractivity contribution in [2.24, 2.45) is 0 Å². The van der Waals surface area contributed by atoms with E-state index >= 15 is 0 Å². The van der Waals surface area contributed by atoms with Crippen LogP contribution in [-0.4, -0.2) is 10.5 Å². The molecule has 0 atom stereocenters. The molecule has 0 saturated carbocycles. The van der Waals surface area contributed by atoms with Gasteiger partial charge < -0.3 is 9.88 Å². The molecule has 22 heavy (non-hydrogen) atoms. The van der Waals surface area contributed by atoms with Crippen LogP contribution in [0.2, 0.25) is 0 Å². The largest absolute Gasteiger partial charge is 0.416 e. The Morgan fingerprint density at radius 1 is 1.23 bits per heavy atom. The standard InChI is InChI=1S/C15H13F3N2O2/c1-10-4-3-7-20(14(10)22)9-13(21)19-12-6-2-5-11(8-12)15(16,17)18/h2-8H,9H2,1H3,(H,19,21). The van der Waals surface area contributed by atoms with Gasteiger partial charge in [-0.25, -0.2) is 0 Å². The van der Waals surface area contributed by atoms with Crippen LogP contribution in [0.1, 0.15) is 11.1 Å². The van der Waals surface area contributed by atoms with Crippen LogP contribution >= 0.6 is 0 Å². The highest BCUT2D eigenvalue weighted by molar-refractivity contribution is 5.90. The van der Waals surface area contributed by atoms with Crippen LogP contribution in [0.3, 0.4) is 0 Å². The molecule has 2 aromatic rings. The van der Waals surface area contributed by atoms with Gasteiger partial charge in [-0.2, -0.15) is 13.2 Å². The minimum atomic E-state index is -4.48. The number of nitrogens with zero attached hydrogens (tertiary/aromatic N) is 1. The minimum Gasteiger partial charge on any atom is -0.325 e. The maximum Gasteiger partial charge on any atom is 0.416 e. The van der Waals surface area contributed by atoms with Crippen molar-refractivity contribution in [2.45, 2.75) is 19.6 Å². The highest BCUT2D eigenvalue weighted by atomic mass is 19.4. The normalized spacial score (nSPS) is 11.3. The summed E-state index contributed by atoms with van der Waals surface area (Å²) in [4.78, 5) is 23.6. The molecule has 1 aromatic heterocycles. The van der Waals surface area contributed by atoms with Gasteiger partial charge in [-0.05, 0) is 31.2 Å². The number of aromatic nitrogens is 1. The molecule has 1 N–H and O–H groups in total. The Labute approximate surface area is 124 Å². The van der Waals surface area contributed by atoms with E-state index in [-0.39, 0.29) is 17.8 Å². The van der Waals surface area contributed by atoms with Gasteiger partial charge in [0.05, 0.1) is 5.56 Å². The number of nitrogens with one attached hydrogen (secondary N) is 1. The lowest BCUT2D eigenvalue weighted by Gasteiger charge is -2.10. The third-order valence-corrected chi connectivity index (χ3v) is 3.00. The molecule has 1 aromatic carbocycles. The van der Waals surface area contributed by atoms with Gasteiger partial charge in [0.1, 0.15) is 6.54 Å². The Kier molecular flexibility index (Phi) is 4.35. The van der Waals surface area contributed by atoms with E-state index in [4.69, 9.17) is 0 Å². The number of hydrogen-bond acceptors (Lipinski definition) is 2. The van der Waals surface area contributed by atoms with E-state index in [0.717, 1.165) is 12.1 Å². The van der Waals surface area contributed by atoms with Gasteiger partial charge in [0.25, 0.3) is 5.56 Å². The summed E-state index contributed by atoms with van der Waals surface area (Å²) in [6.07, 6.45) is -3.03. The number of aryl methyl sites for hydroxylation is 1. The summed E-state index contributed by atoms with van der Waals surface area (Å²) in [5, 5.41) is 2.35. The zero-order chi connectivity index (χ0) is 16.3. The SMILES string of the molecule is Cc1cccn(CC(=O)Nc2cccc(C(F)(F)F)c2)c1=O. The van der Waals surface area contributed by atoms with Crippen molar-refractivity contribution in [3.63, 3.8) is 0 Å². The van der Waals surface area contributed by atoms with Crippen LogP contribution in [-0.2, 0) is 17.5 Å². The summed E-state index contributed by atoms with van der Waals surface area (Å²) in [5.74, 6) is -0.577. The lowest BCUT2D eigenvalue weighted by molar-refractivity contribution is -0.137. The zero-order valence-electron chi connectivity index (χ0n) is 11.6. The lowest BCUT2D eigenvalue weighted by atomic mass is 10.2. The Balaban J connectivity index is 2.13. The van der Waals surface area contributed by atoms with Crippen LogP contribution in [0.15, 0.2) is 47.4 Å². The van der Waals surface area contributed by atoms with Gasteiger partial charge in [-0.15, -0.1) is 0 Å². The number of halogens is 3. The minimum absolute atomic E-state index is 0.0283. The Morgan fingerprint density at radius 2 is 1.95 bits per heavy atom. The van der Waals surface area contributed by atoms with E-state index in [2.05, 4.69) is 5.32 Å². The maximum atomic E-state index is 12.6. The van der Waals surface area contributed by atoms with Crippen LogP contribution in [0.5, 0.6) is 0 Å². The van der Waals surface area contributed by atoms with Gasteiger partial charge in [0, 0.05) is 17.4 Å². The molecule has 0 fully saturated rings. The number of amides is 1. The van der Waals surface area contributed by atoms with Crippen LogP contribution in [0, 0.1) is 6.92 Å². The number of benzene rings is 1. The number of carbonyl (C=O) groups is 1. The summed E-state index contributed by atoms with van der Waals surface area (Å²) in [6, 6.07) is 7.55. The Hall–Kier alpha value is -2.57. The first-order valence-corrected chi connectivity index (χ1v) is 6.40. The monoisotopic (exact) mass is 310 g/mol. The molecule has 0 spiro atoms. The fourth-order valence-electron chi connectivity index (χ4n) is 1.91. The van der Waals surface area contributed by atoms with Crippen molar-refractivity contribution in [1.82, 2.24) is 4.57 Å². The molecule has 0 aliphatic rings. The van der Waals surface area contributed by atoms with Crippen molar-refractivity contribution in [1.29, 1.82) is 0 Å². The number of hydrogen-bond donors (Lipinski definition) is 1. The summed E-state index contributed by atoms with van der Waals surface area (Å²) in [6.45, 7) is 1.35. The van der Waals surface area contributed by atoms with Gasteiger partial charge in [-0.1, -0.05) is 12.1 Å². The van der Waals surface area contributed by atoms with E-state index < -0.39 is 17.6 Å². The van der Waals surface area contributed by atoms with Crippen LogP contribution in [0.25, 0.3) is 0 Å². The number of rotatable bonds is 3. The number of carbonyl (C=O) groups excluding carboxylic acids is 1. The molecule has 0 radical (unpaired) electrons. The van der Waals surface area contributed by atoms with Gasteiger partial charge in [0.15, 0.2) is 0 Å². The second kappa shape index (κ2) is 6.05. The molecular weight excluding hydrogens is 297 g/mol. The van der Waals surface area contributed by atoms with Crippen molar-refractivity contribution < 1.29 is 18.0 Å². The van der Waals surface area contributed by atoms with Crippen LogP contribution < -0.4 is 10.9 Å². The third kappa shape index (κ3) is 3.75. The molecule has 116 valence electrons. The summed E-state index contributed by atoms with van der Waals surface area (Å²) >= 11 is 0. The molecule has 0 aliphatic carbocycles. The molecular formula is C15H13F3N2O2. The van der Waals surface area contributed by atoms with Crippen molar-refractivity contribution in [2.75, 3.05) is 5.32 Å². The molecule has 1 amide bonds. The summed E-state index contributed by atoms with van der Waals surface area (Å²) in [7, 11) is 0. The fraction of sp³-hybridized carbons (Fsp3) is 0.200. The first kappa shape index (κ1) is 15.8. The molecule has 4 nitrogen and oxygen atoms in total. The third-order valence-electron chi connectivity index (χ3n) is 3.00. The number of pyridine rings is 1. The van der Waals surface area contributed by atoms with Gasteiger partial charge in [0.2, 0.25) is 5.91 Å². The van der Waals surface area contributed by atoms with Crippen LogP contribution in [0.4, 0.5) is 18.9 Å². The van der Waals surface area contributed by atoms with Crippen molar-refractivity contribution in [3.8, 4) is 0 Å². The second-order valence-electron chi connectivity index (χ2n) is 4.75. The maximum absolute atomic E-state index is 12.6.